The van der Waals surface area contributed by atoms with Crippen molar-refractivity contribution >= 4 is 89.8 Å². The quantitative estimate of drug-likeness (QED) is 0.0771. The number of esters is 2. The van der Waals surface area contributed by atoms with Gasteiger partial charge in [0.25, 0.3) is 0 Å². The summed E-state index contributed by atoms with van der Waals surface area (Å²) < 4.78 is 99.0. The summed E-state index contributed by atoms with van der Waals surface area (Å²) in [5.41, 5.74) is 0.299. The van der Waals surface area contributed by atoms with E-state index in [2.05, 4.69) is 4.74 Å². The number of rotatable bonds is 7. The molecule has 15 heteroatoms. The van der Waals surface area contributed by atoms with E-state index in [1.165, 1.54) is 0 Å². The Hall–Kier alpha value is -0.800. The third-order valence-electron chi connectivity index (χ3n) is 3.62. The molecule has 0 spiro atoms. The Balaban J connectivity index is 2.02. The van der Waals surface area contributed by atoms with Crippen LogP contribution in [-0.2, 0) is 19.6 Å². The fraction of sp³-hybridized carbons (Fsp3) is 0.176. The minimum absolute atomic E-state index is 0.163. The molecule has 0 saturated carbocycles. The van der Waals surface area contributed by atoms with Crippen molar-refractivity contribution in [3.63, 3.8) is 0 Å². The first-order chi connectivity index (χ1) is 14.8. The van der Waals surface area contributed by atoms with E-state index in [-0.39, 0.29) is 13.0 Å². The molecule has 0 aliphatic carbocycles. The smallest absolute Gasteiger partial charge is 0.339 e. The largest absolute Gasteiger partial charge is 0.744 e. The standard InChI is InChI=1S/C17H9F4I3O7S/c18-10-12(20)16(32(27,28)29)13(21)11(19)15(10)31-9(25)2-1-3-30-17(26)7-4-6(22)5-8(23)14(7)24/h4-5H,1-3H2,(H,27,28,29)/p-1. The minimum Gasteiger partial charge on any atom is -0.744 e. The number of hydrogen-bond donors (Lipinski definition) is 0. The molecule has 32 heavy (non-hydrogen) atoms. The van der Waals surface area contributed by atoms with Gasteiger partial charge in [-0.1, -0.05) is 0 Å². The lowest BCUT2D eigenvalue weighted by molar-refractivity contribution is -0.135. The molecular weight excluding hydrogens is 805 g/mol. The molecule has 2 aromatic carbocycles. The number of carbonyl (C=O) groups excluding carboxylic acids is 2. The first-order valence-corrected chi connectivity index (χ1v) is 12.7. The van der Waals surface area contributed by atoms with E-state index in [1.807, 2.05) is 73.8 Å². The van der Waals surface area contributed by atoms with Crippen LogP contribution in [0, 0.1) is 34.0 Å². The predicted octanol–water partition coefficient (Wildman–Crippen LogP) is 4.50. The van der Waals surface area contributed by atoms with Crippen LogP contribution in [0.5, 0.6) is 5.75 Å². The maximum atomic E-state index is 13.8. The Labute approximate surface area is 219 Å². The second-order valence-corrected chi connectivity index (χ2v) is 10.6. The van der Waals surface area contributed by atoms with E-state index in [4.69, 9.17) is 4.74 Å². The molecule has 174 valence electrons. The van der Waals surface area contributed by atoms with Gasteiger partial charge in [-0.3, -0.25) is 4.79 Å². The van der Waals surface area contributed by atoms with Crippen molar-refractivity contribution in [3.8, 4) is 5.75 Å². The van der Waals surface area contributed by atoms with E-state index in [0.717, 1.165) is 7.14 Å². The van der Waals surface area contributed by atoms with Gasteiger partial charge in [-0.15, -0.1) is 0 Å². The summed E-state index contributed by atoms with van der Waals surface area (Å²) in [7, 11) is -5.88. The van der Waals surface area contributed by atoms with Crippen molar-refractivity contribution in [2.45, 2.75) is 17.7 Å². The van der Waals surface area contributed by atoms with Gasteiger partial charge in [0.1, 0.15) is 15.0 Å². The maximum absolute atomic E-state index is 13.8. The zero-order valence-corrected chi connectivity index (χ0v) is 22.5. The fourth-order valence-electron chi connectivity index (χ4n) is 2.23. The topological polar surface area (TPSA) is 110 Å². The predicted molar refractivity (Wildman–Crippen MR) is 124 cm³/mol. The molecule has 2 rings (SSSR count). The van der Waals surface area contributed by atoms with Crippen LogP contribution in [0.1, 0.15) is 23.2 Å². The molecule has 0 amide bonds. The van der Waals surface area contributed by atoms with Crippen molar-refractivity contribution in [2.75, 3.05) is 6.61 Å². The van der Waals surface area contributed by atoms with Crippen LogP contribution in [0.4, 0.5) is 17.6 Å². The number of carbonyl (C=O) groups is 2. The number of benzene rings is 2. The highest BCUT2D eigenvalue weighted by Crippen LogP contribution is 2.32. The van der Waals surface area contributed by atoms with Crippen molar-refractivity contribution < 1.29 is 49.6 Å². The SMILES string of the molecule is O=C(CCCOC(=O)c1cc(I)cc(I)c1I)Oc1c(F)c(F)c(S(=O)(=O)[O-])c(F)c1F. The summed E-state index contributed by atoms with van der Waals surface area (Å²) in [5.74, 6) is -13.6. The van der Waals surface area contributed by atoms with Gasteiger partial charge in [0.2, 0.25) is 17.4 Å². The van der Waals surface area contributed by atoms with Gasteiger partial charge < -0.3 is 14.0 Å². The molecule has 7 nitrogen and oxygen atoms in total. The summed E-state index contributed by atoms with van der Waals surface area (Å²) >= 11 is 6.03. The highest BCUT2D eigenvalue weighted by molar-refractivity contribution is 14.1. The summed E-state index contributed by atoms with van der Waals surface area (Å²) in [6, 6.07) is 3.44. The summed E-state index contributed by atoms with van der Waals surface area (Å²) in [6.45, 7) is -0.285. The van der Waals surface area contributed by atoms with Crippen molar-refractivity contribution in [1.82, 2.24) is 0 Å². The van der Waals surface area contributed by atoms with E-state index < -0.39 is 62.4 Å². The first-order valence-electron chi connectivity index (χ1n) is 8.09. The number of ether oxygens (including phenoxy) is 2. The fourth-order valence-corrected chi connectivity index (χ4v) is 5.22. The summed E-state index contributed by atoms with van der Waals surface area (Å²) in [6.07, 6.45) is -0.735. The van der Waals surface area contributed by atoms with E-state index in [9.17, 15) is 40.1 Å². The molecule has 0 aliphatic rings. The van der Waals surface area contributed by atoms with Crippen LogP contribution in [-0.4, -0.2) is 31.5 Å². The third kappa shape index (κ3) is 6.41. The van der Waals surface area contributed by atoms with Gasteiger partial charge in [0.15, 0.2) is 11.6 Å². The Morgan fingerprint density at radius 1 is 0.969 bits per heavy atom. The minimum atomic E-state index is -5.88. The van der Waals surface area contributed by atoms with Gasteiger partial charge in [-0.05, 0) is 86.3 Å². The second-order valence-electron chi connectivity index (χ2n) is 5.83. The Bertz CT molecular complexity index is 1180. The van der Waals surface area contributed by atoms with Gasteiger partial charge in [-0.2, -0.15) is 8.78 Å². The van der Waals surface area contributed by atoms with E-state index >= 15 is 0 Å². The maximum Gasteiger partial charge on any atom is 0.339 e. The van der Waals surface area contributed by atoms with Gasteiger partial charge in [0, 0.05) is 17.1 Å². The van der Waals surface area contributed by atoms with E-state index in [1.54, 1.807) is 6.07 Å². The highest BCUT2D eigenvalue weighted by atomic mass is 127. The zero-order valence-electron chi connectivity index (χ0n) is 15.2. The Morgan fingerprint density at radius 2 is 1.53 bits per heavy atom. The first kappa shape index (κ1) is 27.4. The van der Waals surface area contributed by atoms with E-state index in [0.29, 0.717) is 9.13 Å². The molecule has 0 aliphatic heterocycles. The summed E-state index contributed by atoms with van der Waals surface area (Å²) in [4.78, 5) is 21.6. The molecule has 0 radical (unpaired) electrons. The molecule has 0 atom stereocenters. The van der Waals surface area contributed by atoms with Crippen molar-refractivity contribution in [3.05, 3.63) is 51.7 Å². The molecule has 0 N–H and O–H groups in total. The molecule has 2 aromatic rings. The number of halogens is 7. The monoisotopic (exact) mass is 813 g/mol. The van der Waals surface area contributed by atoms with Crippen LogP contribution >= 0.6 is 67.8 Å². The lowest BCUT2D eigenvalue weighted by atomic mass is 10.2. The van der Waals surface area contributed by atoms with Crippen LogP contribution in [0.15, 0.2) is 17.0 Å². The van der Waals surface area contributed by atoms with Crippen LogP contribution < -0.4 is 4.74 Å². The van der Waals surface area contributed by atoms with Crippen molar-refractivity contribution in [2.24, 2.45) is 0 Å². The molecule has 0 aromatic heterocycles. The lowest BCUT2D eigenvalue weighted by Gasteiger charge is -2.14. The average molecular weight is 813 g/mol. The molecule has 0 bridgehead atoms. The Morgan fingerprint density at radius 3 is 2.06 bits per heavy atom. The van der Waals surface area contributed by atoms with Crippen LogP contribution in [0.3, 0.4) is 0 Å². The summed E-state index contributed by atoms with van der Waals surface area (Å²) in [5, 5.41) is 0. The molecular formula is C17H8F4I3O7S-. The molecule has 0 saturated heterocycles. The highest BCUT2D eigenvalue weighted by Gasteiger charge is 2.31. The van der Waals surface area contributed by atoms with Crippen molar-refractivity contribution in [1.29, 1.82) is 0 Å². The normalized spacial score (nSPS) is 11.4. The molecule has 0 heterocycles. The van der Waals surface area contributed by atoms with Gasteiger partial charge in [-0.25, -0.2) is 22.0 Å². The molecule has 0 fully saturated rings. The van der Waals surface area contributed by atoms with Crippen LogP contribution in [0.2, 0.25) is 0 Å². The van der Waals surface area contributed by atoms with Gasteiger partial charge in [0.05, 0.1) is 12.2 Å². The Kier molecular flexibility index (Phi) is 9.51. The van der Waals surface area contributed by atoms with Gasteiger partial charge >= 0.3 is 11.9 Å². The number of hydrogen-bond acceptors (Lipinski definition) is 7. The lowest BCUT2D eigenvalue weighted by Crippen LogP contribution is -2.16. The van der Waals surface area contributed by atoms with Crippen LogP contribution in [0.25, 0.3) is 0 Å². The third-order valence-corrected chi connectivity index (χ3v) is 8.15. The zero-order chi connectivity index (χ0) is 24.4. The molecule has 0 unspecified atom stereocenters. The second kappa shape index (κ2) is 11.1. The average Bonchev–Trinajstić information content (AvgIpc) is 2.68.